The number of nitrogens with one attached hydrogen (secondary N) is 2. The summed E-state index contributed by atoms with van der Waals surface area (Å²) >= 11 is 0. The Hall–Kier alpha value is -2.97. The van der Waals surface area contributed by atoms with Crippen LogP contribution in [0, 0.1) is 0 Å². The molecule has 1 fully saturated rings. The lowest BCUT2D eigenvalue weighted by atomic mass is 9.96. The van der Waals surface area contributed by atoms with Gasteiger partial charge in [-0.05, 0) is 68.3 Å². The van der Waals surface area contributed by atoms with Crippen LogP contribution in [0.5, 0.6) is 17.2 Å². The maximum Gasteiger partial charge on any atom is 0.319 e. The van der Waals surface area contributed by atoms with Gasteiger partial charge in [-0.1, -0.05) is 25.3 Å². The lowest BCUT2D eigenvalue weighted by Gasteiger charge is -2.23. The zero-order valence-electron chi connectivity index (χ0n) is 21.1. The van der Waals surface area contributed by atoms with Crippen LogP contribution in [0.15, 0.2) is 42.5 Å². The molecule has 8 heteroatoms. The molecule has 1 saturated carbocycles. The maximum atomic E-state index is 12.2. The molecule has 0 saturated heterocycles. The molecule has 0 aromatic heterocycles. The van der Waals surface area contributed by atoms with Crippen LogP contribution in [0.25, 0.3) is 0 Å². The van der Waals surface area contributed by atoms with Gasteiger partial charge in [0.2, 0.25) is 0 Å². The number of urea groups is 1. The third kappa shape index (κ3) is 8.96. The molecule has 2 amide bonds. The van der Waals surface area contributed by atoms with Crippen LogP contribution in [0.4, 0.5) is 10.5 Å². The molecular formula is C27H39N3O5. The van der Waals surface area contributed by atoms with Crippen molar-refractivity contribution in [3.63, 3.8) is 0 Å². The number of aliphatic hydroxyl groups excluding tert-OH is 1. The fourth-order valence-corrected chi connectivity index (χ4v) is 4.29. The summed E-state index contributed by atoms with van der Waals surface area (Å²) in [5.41, 5.74) is 1.85. The first-order valence-electron chi connectivity index (χ1n) is 12.3. The summed E-state index contributed by atoms with van der Waals surface area (Å²) < 4.78 is 16.4. The number of carbonyl (C=O) groups excluding carboxylic acids is 1. The second-order valence-corrected chi connectivity index (χ2v) is 9.12. The Morgan fingerprint density at radius 1 is 1.06 bits per heavy atom. The van der Waals surface area contributed by atoms with Gasteiger partial charge in [-0.25, -0.2) is 4.79 Å². The van der Waals surface area contributed by atoms with Gasteiger partial charge in [0.15, 0.2) is 11.5 Å². The molecule has 3 rings (SSSR count). The second kappa shape index (κ2) is 13.8. The number of amides is 2. The molecule has 2 aromatic rings. The predicted molar refractivity (Wildman–Crippen MR) is 138 cm³/mol. The summed E-state index contributed by atoms with van der Waals surface area (Å²) in [5.74, 6) is 2.08. The van der Waals surface area contributed by atoms with Gasteiger partial charge in [-0.3, -0.25) is 0 Å². The van der Waals surface area contributed by atoms with Crippen molar-refractivity contribution in [1.29, 1.82) is 0 Å². The van der Waals surface area contributed by atoms with Gasteiger partial charge in [0.25, 0.3) is 0 Å². The number of benzene rings is 2. The van der Waals surface area contributed by atoms with E-state index in [9.17, 15) is 9.90 Å². The van der Waals surface area contributed by atoms with Crippen molar-refractivity contribution in [2.24, 2.45) is 0 Å². The van der Waals surface area contributed by atoms with Crippen molar-refractivity contribution in [2.45, 2.75) is 50.7 Å². The zero-order valence-corrected chi connectivity index (χ0v) is 21.1. The van der Waals surface area contributed by atoms with Crippen LogP contribution in [-0.4, -0.2) is 69.1 Å². The van der Waals surface area contributed by atoms with Crippen molar-refractivity contribution in [3.05, 3.63) is 48.0 Å². The molecule has 35 heavy (non-hydrogen) atoms. The normalized spacial score (nSPS) is 14.9. The Morgan fingerprint density at radius 3 is 2.46 bits per heavy atom. The topological polar surface area (TPSA) is 92.3 Å². The number of likely N-dealkylation sites (N-methyl/N-ethyl adjacent to an activating group) is 1. The Balaban J connectivity index is 1.35. The summed E-state index contributed by atoms with van der Waals surface area (Å²) in [5, 5.41) is 16.3. The van der Waals surface area contributed by atoms with Gasteiger partial charge in [-0.15, -0.1) is 0 Å². The van der Waals surface area contributed by atoms with E-state index in [0.717, 1.165) is 31.4 Å². The Morgan fingerprint density at radius 2 is 1.77 bits per heavy atom. The fraction of sp³-hybridized carbons (Fsp3) is 0.519. The van der Waals surface area contributed by atoms with E-state index in [0.29, 0.717) is 29.5 Å². The van der Waals surface area contributed by atoms with Crippen molar-refractivity contribution < 1.29 is 24.1 Å². The van der Waals surface area contributed by atoms with Gasteiger partial charge in [0, 0.05) is 24.8 Å². The fourth-order valence-electron chi connectivity index (χ4n) is 4.29. The highest BCUT2D eigenvalue weighted by molar-refractivity contribution is 5.89. The molecule has 0 radical (unpaired) electrons. The first-order valence-corrected chi connectivity index (χ1v) is 12.3. The summed E-state index contributed by atoms with van der Waals surface area (Å²) in [6.45, 7) is 1.47. The quantitative estimate of drug-likeness (QED) is 0.420. The molecule has 2 aromatic carbocycles. The molecule has 0 heterocycles. The molecule has 192 valence electrons. The summed E-state index contributed by atoms with van der Waals surface area (Å²) in [4.78, 5) is 14.3. The van der Waals surface area contributed by atoms with E-state index in [1.807, 2.05) is 25.2 Å². The third-order valence-corrected chi connectivity index (χ3v) is 6.25. The smallest absolute Gasteiger partial charge is 0.319 e. The van der Waals surface area contributed by atoms with E-state index in [1.54, 1.807) is 38.5 Å². The van der Waals surface area contributed by atoms with E-state index < -0.39 is 6.10 Å². The number of nitrogens with zero attached hydrogens (tertiary/aromatic N) is 1. The number of anilines is 1. The van der Waals surface area contributed by atoms with E-state index >= 15 is 0 Å². The average Bonchev–Trinajstić information content (AvgIpc) is 2.87. The lowest BCUT2D eigenvalue weighted by molar-refractivity contribution is 0.0767. The van der Waals surface area contributed by atoms with Gasteiger partial charge in [0.05, 0.1) is 14.2 Å². The number of methoxy groups -OCH3 is 2. The highest BCUT2D eigenvalue weighted by Crippen LogP contribution is 2.27. The van der Waals surface area contributed by atoms with E-state index in [2.05, 4.69) is 15.5 Å². The largest absolute Gasteiger partial charge is 0.493 e. The summed E-state index contributed by atoms with van der Waals surface area (Å²) in [7, 11) is 5.23. The molecule has 0 bridgehead atoms. The van der Waals surface area contributed by atoms with Crippen molar-refractivity contribution in [3.8, 4) is 17.2 Å². The van der Waals surface area contributed by atoms with Crippen molar-refractivity contribution in [2.75, 3.05) is 46.3 Å². The van der Waals surface area contributed by atoms with E-state index in [-0.39, 0.29) is 18.7 Å². The maximum absolute atomic E-state index is 12.2. The van der Waals surface area contributed by atoms with Crippen LogP contribution >= 0.6 is 0 Å². The highest BCUT2D eigenvalue weighted by Gasteiger charge is 2.16. The molecule has 3 N–H and O–H groups in total. The van der Waals surface area contributed by atoms with Gasteiger partial charge >= 0.3 is 6.03 Å². The van der Waals surface area contributed by atoms with Crippen LogP contribution in [0.2, 0.25) is 0 Å². The van der Waals surface area contributed by atoms with Crippen LogP contribution < -0.4 is 24.8 Å². The summed E-state index contributed by atoms with van der Waals surface area (Å²) in [6.07, 6.45) is 5.91. The number of aliphatic hydroxyl groups is 1. The van der Waals surface area contributed by atoms with Crippen molar-refractivity contribution >= 4 is 11.7 Å². The molecule has 1 aliphatic carbocycles. The van der Waals surface area contributed by atoms with Gasteiger partial charge in [0.1, 0.15) is 18.5 Å². The molecular weight excluding hydrogens is 446 g/mol. The first-order chi connectivity index (χ1) is 17.0. The minimum atomic E-state index is -0.621. The van der Waals surface area contributed by atoms with Crippen LogP contribution in [0.1, 0.15) is 37.7 Å². The Labute approximate surface area is 208 Å². The van der Waals surface area contributed by atoms with Crippen LogP contribution in [0.3, 0.4) is 0 Å². The van der Waals surface area contributed by atoms with Crippen molar-refractivity contribution in [1.82, 2.24) is 10.2 Å². The molecule has 1 aliphatic rings. The third-order valence-electron chi connectivity index (χ3n) is 6.25. The molecule has 1 unspecified atom stereocenters. The Kier molecular flexibility index (Phi) is 10.5. The number of hydrogen-bond donors (Lipinski definition) is 3. The standard InChI is InChI=1S/C27H39N3O5/c1-30(16-15-20-9-14-25(33-2)26(17-20)34-3)18-23(31)19-35-24-12-10-22(11-13-24)29-27(32)28-21-7-5-4-6-8-21/h9-14,17,21,23,31H,4-8,15-16,18-19H2,1-3H3,(H2,28,29,32). The number of rotatable bonds is 12. The lowest BCUT2D eigenvalue weighted by Crippen LogP contribution is -2.38. The van der Waals surface area contributed by atoms with Gasteiger partial charge < -0.3 is 34.9 Å². The number of hydrogen-bond acceptors (Lipinski definition) is 6. The molecule has 0 aliphatic heterocycles. The minimum absolute atomic E-state index is 0.169. The SMILES string of the molecule is COc1ccc(CCN(C)CC(O)COc2ccc(NC(=O)NC3CCCCC3)cc2)cc1OC. The molecule has 1 atom stereocenters. The molecule has 8 nitrogen and oxygen atoms in total. The highest BCUT2D eigenvalue weighted by atomic mass is 16.5. The van der Waals surface area contributed by atoms with E-state index in [4.69, 9.17) is 14.2 Å². The Bertz CT molecular complexity index is 916. The summed E-state index contributed by atoms with van der Waals surface area (Å²) in [6, 6.07) is 13.2. The average molecular weight is 486 g/mol. The zero-order chi connectivity index (χ0) is 25.0. The number of ether oxygens (including phenoxy) is 3. The number of carbonyl (C=O) groups is 1. The molecule has 0 spiro atoms. The minimum Gasteiger partial charge on any atom is -0.493 e. The van der Waals surface area contributed by atoms with Crippen LogP contribution in [-0.2, 0) is 6.42 Å². The monoisotopic (exact) mass is 485 g/mol. The van der Waals surface area contributed by atoms with E-state index in [1.165, 1.54) is 19.3 Å². The second-order valence-electron chi connectivity index (χ2n) is 9.12. The first kappa shape index (κ1) is 26.6. The predicted octanol–water partition coefficient (Wildman–Crippen LogP) is 4.07. The van der Waals surface area contributed by atoms with Gasteiger partial charge in [-0.2, -0.15) is 0 Å².